The highest BCUT2D eigenvalue weighted by Crippen LogP contribution is 2.28. The largest absolute Gasteiger partial charge is 0.484 e. The van der Waals surface area contributed by atoms with Gasteiger partial charge in [-0.1, -0.05) is 84.9 Å². The van der Waals surface area contributed by atoms with Crippen LogP contribution in [0.4, 0.5) is 10.1 Å². The second-order valence-corrected chi connectivity index (χ2v) is 11.3. The molecule has 0 radical (unpaired) electrons. The zero-order chi connectivity index (χ0) is 30.7. The van der Waals surface area contributed by atoms with Crippen LogP contribution in [0.2, 0.25) is 0 Å². The molecule has 0 atom stereocenters. The van der Waals surface area contributed by atoms with E-state index in [4.69, 9.17) is 4.74 Å². The zero-order valence-corrected chi connectivity index (χ0v) is 25.3. The summed E-state index contributed by atoms with van der Waals surface area (Å²) in [7, 11) is 0. The van der Waals surface area contributed by atoms with Gasteiger partial charge in [0, 0.05) is 39.3 Å². The highest BCUT2D eigenvalue weighted by atomic mass is 19.1. The molecule has 228 valence electrons. The molecule has 0 fully saturated rings. The van der Waals surface area contributed by atoms with Crippen molar-refractivity contribution in [1.29, 1.82) is 0 Å². The molecule has 0 bridgehead atoms. The molecule has 1 heterocycles. The Bertz CT molecular complexity index is 1530. The first-order valence-electron chi connectivity index (χ1n) is 15.3. The number of amides is 2. The van der Waals surface area contributed by atoms with E-state index in [9.17, 15) is 14.0 Å². The number of rotatable bonds is 7. The number of carbonyl (C=O) groups excluding carboxylic acids is 2. The molecule has 1 aliphatic heterocycles. The maximum absolute atomic E-state index is 14.5. The Kier molecular flexibility index (Phi) is 10.8. The van der Waals surface area contributed by atoms with Gasteiger partial charge in [-0.15, -0.1) is 0 Å². The molecule has 0 saturated carbocycles. The third kappa shape index (κ3) is 8.32. The van der Waals surface area contributed by atoms with Gasteiger partial charge in [0.25, 0.3) is 5.91 Å². The molecule has 4 aromatic rings. The lowest BCUT2D eigenvalue weighted by Crippen LogP contribution is -2.41. The fourth-order valence-electron chi connectivity index (χ4n) is 5.80. The van der Waals surface area contributed by atoms with E-state index in [0.29, 0.717) is 30.9 Å². The lowest BCUT2D eigenvalue weighted by Gasteiger charge is -2.32. The molecule has 0 aromatic heterocycles. The molecule has 0 N–H and O–H groups in total. The van der Waals surface area contributed by atoms with Gasteiger partial charge in [-0.2, -0.15) is 0 Å². The van der Waals surface area contributed by atoms with Gasteiger partial charge in [-0.25, -0.2) is 4.39 Å². The maximum Gasteiger partial charge on any atom is 0.264 e. The molecular weight excluding hydrogens is 553 g/mol. The zero-order valence-electron chi connectivity index (χ0n) is 25.3. The minimum atomic E-state index is -0.379. The van der Waals surface area contributed by atoms with Crippen LogP contribution in [-0.4, -0.2) is 54.4 Å². The number of ether oxygens (including phenoxy) is 1. The van der Waals surface area contributed by atoms with Crippen LogP contribution < -0.4 is 9.64 Å². The summed E-state index contributed by atoms with van der Waals surface area (Å²) in [4.78, 5) is 33.6. The molecule has 0 saturated heterocycles. The number of hydrogen-bond donors (Lipinski definition) is 0. The molecule has 2 amide bonds. The number of para-hydroxylation sites is 2. The van der Waals surface area contributed by atoms with Crippen molar-refractivity contribution in [2.75, 3.05) is 37.7 Å². The van der Waals surface area contributed by atoms with E-state index in [1.165, 1.54) is 11.6 Å². The van der Waals surface area contributed by atoms with Gasteiger partial charge >= 0.3 is 0 Å². The van der Waals surface area contributed by atoms with Crippen LogP contribution in [0.15, 0.2) is 103 Å². The molecule has 7 heteroatoms. The number of nitrogens with zero attached hydrogens (tertiary/aromatic N) is 3. The van der Waals surface area contributed by atoms with Crippen molar-refractivity contribution in [2.45, 2.75) is 39.3 Å². The van der Waals surface area contributed by atoms with E-state index >= 15 is 0 Å². The number of carbonyl (C=O) groups is 2. The third-order valence-electron chi connectivity index (χ3n) is 8.02. The highest BCUT2D eigenvalue weighted by molar-refractivity contribution is 5.96. The Morgan fingerprint density at radius 3 is 2.18 bits per heavy atom. The monoisotopic (exact) mass is 593 g/mol. The van der Waals surface area contributed by atoms with Crippen molar-refractivity contribution in [3.05, 3.63) is 131 Å². The predicted molar refractivity (Wildman–Crippen MR) is 172 cm³/mol. The van der Waals surface area contributed by atoms with E-state index in [0.717, 1.165) is 49.3 Å². The third-order valence-corrected chi connectivity index (χ3v) is 8.02. The van der Waals surface area contributed by atoms with E-state index in [2.05, 4.69) is 17.0 Å². The molecular formula is C37H40FN3O3. The number of benzene rings is 4. The lowest BCUT2D eigenvalue weighted by molar-refractivity contribution is -0.131. The summed E-state index contributed by atoms with van der Waals surface area (Å²) in [6.45, 7) is 5.64. The molecule has 44 heavy (non-hydrogen) atoms. The normalized spacial score (nSPS) is 14.7. The van der Waals surface area contributed by atoms with E-state index in [1.807, 2.05) is 83.5 Å². The first-order valence-corrected chi connectivity index (χ1v) is 15.3. The summed E-state index contributed by atoms with van der Waals surface area (Å²) in [5.41, 5.74) is 4.26. The summed E-state index contributed by atoms with van der Waals surface area (Å²) >= 11 is 0. The molecule has 5 rings (SSSR count). The Morgan fingerprint density at radius 1 is 0.750 bits per heavy atom. The van der Waals surface area contributed by atoms with Gasteiger partial charge < -0.3 is 14.5 Å². The van der Waals surface area contributed by atoms with Crippen LogP contribution >= 0.6 is 0 Å². The van der Waals surface area contributed by atoms with Gasteiger partial charge in [0.1, 0.15) is 11.6 Å². The number of halogens is 1. The van der Waals surface area contributed by atoms with Crippen LogP contribution in [0.25, 0.3) is 0 Å². The fraction of sp³-hybridized carbons (Fsp3) is 0.297. The Hall–Kier alpha value is -4.49. The standard InChI is InChI=1S/C37H40FN3O3/c1-29-13-10-17-32-27-40(35(42)25-31-16-8-9-20-34(31)38)23-11-21-39(26-30-14-4-2-5-15-30)22-12-24-41(37(29)32)36(43)28-44-33-18-6-3-7-19-33/h2-10,13-20H,11-12,21-28H2,1H3. The summed E-state index contributed by atoms with van der Waals surface area (Å²) in [5, 5.41) is 0. The SMILES string of the molecule is Cc1cccc2c1N(C(=O)COc1ccccc1)CCCN(Cc1ccccc1)CCCN(C(=O)Cc1ccccc1F)C2. The van der Waals surface area contributed by atoms with Gasteiger partial charge in [0.05, 0.1) is 12.1 Å². The van der Waals surface area contributed by atoms with E-state index in [-0.39, 0.29) is 30.7 Å². The Morgan fingerprint density at radius 2 is 1.43 bits per heavy atom. The van der Waals surface area contributed by atoms with Crippen LogP contribution in [0.3, 0.4) is 0 Å². The Labute approximate surface area is 259 Å². The van der Waals surface area contributed by atoms with Crippen LogP contribution in [0.1, 0.15) is 35.1 Å². The molecule has 0 unspecified atom stereocenters. The average molecular weight is 594 g/mol. The molecule has 6 nitrogen and oxygen atoms in total. The van der Waals surface area contributed by atoms with Crippen molar-refractivity contribution >= 4 is 17.5 Å². The topological polar surface area (TPSA) is 53.1 Å². The van der Waals surface area contributed by atoms with Crippen molar-refractivity contribution in [2.24, 2.45) is 0 Å². The minimum Gasteiger partial charge on any atom is -0.484 e. The first kappa shape index (κ1) is 31.0. The van der Waals surface area contributed by atoms with Gasteiger partial charge in [0.15, 0.2) is 6.61 Å². The number of fused-ring (bicyclic) bond motifs is 1. The van der Waals surface area contributed by atoms with Crippen molar-refractivity contribution in [3.8, 4) is 5.75 Å². The quantitative estimate of drug-likeness (QED) is 0.248. The van der Waals surface area contributed by atoms with Crippen molar-refractivity contribution in [3.63, 3.8) is 0 Å². The average Bonchev–Trinajstić information content (AvgIpc) is 3.03. The van der Waals surface area contributed by atoms with Gasteiger partial charge in [-0.05, 0) is 60.2 Å². The first-order chi connectivity index (χ1) is 21.5. The molecule has 0 spiro atoms. The van der Waals surface area contributed by atoms with Crippen LogP contribution in [-0.2, 0) is 29.1 Å². The molecule has 4 aromatic carbocycles. The molecule has 1 aliphatic rings. The highest BCUT2D eigenvalue weighted by Gasteiger charge is 2.25. The fourth-order valence-corrected chi connectivity index (χ4v) is 5.80. The van der Waals surface area contributed by atoms with Crippen LogP contribution in [0, 0.1) is 12.7 Å². The summed E-state index contributed by atoms with van der Waals surface area (Å²) in [6.07, 6.45) is 1.55. The Balaban J connectivity index is 1.44. The van der Waals surface area contributed by atoms with E-state index < -0.39 is 0 Å². The number of aryl methyl sites for hydroxylation is 1. The van der Waals surface area contributed by atoms with Gasteiger partial charge in [-0.3, -0.25) is 14.5 Å². The second kappa shape index (κ2) is 15.3. The van der Waals surface area contributed by atoms with E-state index in [1.54, 1.807) is 18.2 Å². The minimum absolute atomic E-state index is 0.0187. The van der Waals surface area contributed by atoms with Gasteiger partial charge in [0.2, 0.25) is 5.91 Å². The summed E-state index contributed by atoms with van der Waals surface area (Å²) in [5.74, 6) is -0.0188. The second-order valence-electron chi connectivity index (χ2n) is 11.3. The smallest absolute Gasteiger partial charge is 0.264 e. The molecule has 0 aliphatic carbocycles. The maximum atomic E-state index is 14.5. The predicted octanol–water partition coefficient (Wildman–Crippen LogP) is 6.41. The number of hydrogen-bond acceptors (Lipinski definition) is 4. The summed E-state index contributed by atoms with van der Waals surface area (Å²) < 4.78 is 20.4. The number of anilines is 1. The van der Waals surface area contributed by atoms with Crippen molar-refractivity contribution < 1.29 is 18.7 Å². The van der Waals surface area contributed by atoms with Crippen LogP contribution in [0.5, 0.6) is 5.75 Å². The van der Waals surface area contributed by atoms with Crippen molar-refractivity contribution in [1.82, 2.24) is 9.80 Å². The lowest BCUT2D eigenvalue weighted by atomic mass is 10.0. The summed E-state index contributed by atoms with van der Waals surface area (Å²) in [6, 6.07) is 32.1.